The van der Waals surface area contributed by atoms with Crippen LogP contribution < -0.4 is 16.0 Å². The topological polar surface area (TPSA) is 62.4 Å². The molecule has 2 atom stereocenters. The minimum atomic E-state index is -0.488. The van der Waals surface area contributed by atoms with E-state index < -0.39 is 5.60 Å². The first-order chi connectivity index (χ1) is 11.4. The molecule has 2 unspecified atom stereocenters. The molecule has 0 saturated carbocycles. The highest BCUT2D eigenvalue weighted by Crippen LogP contribution is 2.17. The number of carbonyl (C=O) groups excluding carboxylic acids is 1. The molecule has 1 aromatic rings. The molecule has 1 aromatic carbocycles. The first-order valence-corrected chi connectivity index (χ1v) is 8.92. The van der Waals surface area contributed by atoms with Gasteiger partial charge in [0.05, 0.1) is 6.04 Å². The Hall–Kier alpha value is -1.59. The van der Waals surface area contributed by atoms with E-state index in [4.69, 9.17) is 4.74 Å². The lowest BCUT2D eigenvalue weighted by Gasteiger charge is -2.24. The number of nitrogens with one attached hydrogen (secondary N) is 3. The Morgan fingerprint density at radius 3 is 2.71 bits per heavy atom. The lowest BCUT2D eigenvalue weighted by molar-refractivity contribution is 0.0501. The summed E-state index contributed by atoms with van der Waals surface area (Å²) in [7, 11) is 0. The SMILES string of the molecule is CC(C)(C)OC(=O)NC(CCNCC1CCCN1)c1ccccc1. The third-order valence-electron chi connectivity index (χ3n) is 4.06. The van der Waals surface area contributed by atoms with E-state index in [9.17, 15) is 4.79 Å². The molecule has 134 valence electrons. The molecule has 3 N–H and O–H groups in total. The fourth-order valence-corrected chi connectivity index (χ4v) is 2.91. The fraction of sp³-hybridized carbons (Fsp3) is 0.632. The van der Waals surface area contributed by atoms with E-state index in [0.717, 1.165) is 31.6 Å². The molecule has 1 aliphatic rings. The zero-order chi connectivity index (χ0) is 17.4. The largest absolute Gasteiger partial charge is 0.444 e. The van der Waals surface area contributed by atoms with Crippen molar-refractivity contribution in [3.63, 3.8) is 0 Å². The number of carbonyl (C=O) groups is 1. The van der Waals surface area contributed by atoms with E-state index in [1.54, 1.807) is 0 Å². The summed E-state index contributed by atoms with van der Waals surface area (Å²) in [5.74, 6) is 0. The highest BCUT2D eigenvalue weighted by atomic mass is 16.6. The molecule has 0 aliphatic carbocycles. The van der Waals surface area contributed by atoms with Crippen LogP contribution in [-0.4, -0.2) is 37.4 Å². The van der Waals surface area contributed by atoms with Gasteiger partial charge in [0.25, 0.3) is 0 Å². The minimum Gasteiger partial charge on any atom is -0.444 e. The Morgan fingerprint density at radius 1 is 1.33 bits per heavy atom. The van der Waals surface area contributed by atoms with Gasteiger partial charge in [-0.25, -0.2) is 4.79 Å². The highest BCUT2D eigenvalue weighted by molar-refractivity contribution is 5.68. The van der Waals surface area contributed by atoms with Gasteiger partial charge in [-0.05, 0) is 58.7 Å². The van der Waals surface area contributed by atoms with Gasteiger partial charge in [-0.15, -0.1) is 0 Å². The van der Waals surface area contributed by atoms with E-state index in [0.29, 0.717) is 6.04 Å². The molecule has 0 spiro atoms. The lowest BCUT2D eigenvalue weighted by Crippen LogP contribution is -2.38. The Bertz CT molecular complexity index is 493. The Balaban J connectivity index is 1.84. The number of benzene rings is 1. The molecule has 1 aliphatic heterocycles. The van der Waals surface area contributed by atoms with Crippen LogP contribution in [0.15, 0.2) is 30.3 Å². The Labute approximate surface area is 145 Å². The normalized spacial score (nSPS) is 19.0. The van der Waals surface area contributed by atoms with Crippen molar-refractivity contribution in [3.8, 4) is 0 Å². The van der Waals surface area contributed by atoms with Crippen LogP contribution in [0.1, 0.15) is 51.6 Å². The van der Waals surface area contributed by atoms with Gasteiger partial charge >= 0.3 is 6.09 Å². The second-order valence-electron chi connectivity index (χ2n) is 7.40. The molecule has 0 radical (unpaired) electrons. The average molecular weight is 333 g/mol. The van der Waals surface area contributed by atoms with E-state index >= 15 is 0 Å². The van der Waals surface area contributed by atoms with Crippen LogP contribution in [0.5, 0.6) is 0 Å². The fourth-order valence-electron chi connectivity index (χ4n) is 2.91. The monoisotopic (exact) mass is 333 g/mol. The van der Waals surface area contributed by atoms with Gasteiger partial charge < -0.3 is 20.7 Å². The predicted molar refractivity (Wildman–Crippen MR) is 97.1 cm³/mol. The summed E-state index contributed by atoms with van der Waals surface area (Å²) in [5.41, 5.74) is 0.613. The molecular formula is C19H31N3O2. The molecule has 1 amide bonds. The van der Waals surface area contributed by atoms with Crippen molar-refractivity contribution >= 4 is 6.09 Å². The highest BCUT2D eigenvalue weighted by Gasteiger charge is 2.20. The maximum atomic E-state index is 12.1. The van der Waals surface area contributed by atoms with Gasteiger partial charge in [0.15, 0.2) is 0 Å². The molecule has 0 bridgehead atoms. The van der Waals surface area contributed by atoms with Gasteiger partial charge in [0.1, 0.15) is 5.60 Å². The molecule has 24 heavy (non-hydrogen) atoms. The van der Waals surface area contributed by atoms with Crippen LogP contribution in [-0.2, 0) is 4.74 Å². The van der Waals surface area contributed by atoms with Gasteiger partial charge in [0.2, 0.25) is 0 Å². The maximum absolute atomic E-state index is 12.1. The number of hydrogen-bond acceptors (Lipinski definition) is 4. The number of rotatable bonds is 7. The van der Waals surface area contributed by atoms with Crippen LogP contribution in [0.2, 0.25) is 0 Å². The molecule has 1 saturated heterocycles. The number of amides is 1. The van der Waals surface area contributed by atoms with Crippen LogP contribution in [0.4, 0.5) is 4.79 Å². The number of hydrogen-bond donors (Lipinski definition) is 3. The number of alkyl carbamates (subject to hydrolysis) is 1. The summed E-state index contributed by atoms with van der Waals surface area (Å²) < 4.78 is 5.40. The summed E-state index contributed by atoms with van der Waals surface area (Å²) in [6.07, 6.45) is 2.97. The van der Waals surface area contributed by atoms with E-state index in [1.165, 1.54) is 12.8 Å². The van der Waals surface area contributed by atoms with Crippen LogP contribution in [0.3, 0.4) is 0 Å². The van der Waals surface area contributed by atoms with E-state index in [1.807, 2.05) is 51.1 Å². The lowest BCUT2D eigenvalue weighted by atomic mass is 10.0. The summed E-state index contributed by atoms with van der Waals surface area (Å²) in [6, 6.07) is 10.6. The molecule has 1 heterocycles. The van der Waals surface area contributed by atoms with Crippen molar-refractivity contribution in [1.29, 1.82) is 0 Å². The third-order valence-corrected chi connectivity index (χ3v) is 4.06. The zero-order valence-electron chi connectivity index (χ0n) is 15.1. The first kappa shape index (κ1) is 18.7. The van der Waals surface area contributed by atoms with Crippen LogP contribution in [0, 0.1) is 0 Å². The van der Waals surface area contributed by atoms with Crippen molar-refractivity contribution < 1.29 is 9.53 Å². The second-order valence-corrected chi connectivity index (χ2v) is 7.40. The van der Waals surface area contributed by atoms with Crippen molar-refractivity contribution in [3.05, 3.63) is 35.9 Å². The molecule has 2 rings (SSSR count). The first-order valence-electron chi connectivity index (χ1n) is 8.92. The summed E-state index contributed by atoms with van der Waals surface area (Å²) in [5, 5.41) is 9.98. The smallest absolute Gasteiger partial charge is 0.408 e. The standard InChI is InChI=1S/C19H31N3O2/c1-19(2,3)24-18(23)22-17(15-8-5-4-6-9-15)11-13-20-14-16-10-7-12-21-16/h4-6,8-9,16-17,20-21H,7,10-14H2,1-3H3,(H,22,23). The molecule has 1 fully saturated rings. The van der Waals surface area contributed by atoms with Crippen molar-refractivity contribution in [1.82, 2.24) is 16.0 Å². The second kappa shape index (κ2) is 9.04. The summed E-state index contributed by atoms with van der Waals surface area (Å²) >= 11 is 0. The maximum Gasteiger partial charge on any atom is 0.408 e. The predicted octanol–water partition coefficient (Wildman–Crippen LogP) is 2.98. The summed E-state index contributed by atoms with van der Waals surface area (Å²) in [4.78, 5) is 12.1. The van der Waals surface area contributed by atoms with Gasteiger partial charge in [0, 0.05) is 12.6 Å². The summed E-state index contributed by atoms with van der Waals surface area (Å²) in [6.45, 7) is 8.58. The van der Waals surface area contributed by atoms with Crippen molar-refractivity contribution in [2.75, 3.05) is 19.6 Å². The Kier molecular flexibility index (Phi) is 7.06. The van der Waals surface area contributed by atoms with E-state index in [-0.39, 0.29) is 12.1 Å². The molecule has 5 nitrogen and oxygen atoms in total. The quantitative estimate of drug-likeness (QED) is 0.671. The number of ether oxygens (including phenoxy) is 1. The zero-order valence-corrected chi connectivity index (χ0v) is 15.1. The van der Waals surface area contributed by atoms with Crippen molar-refractivity contribution in [2.45, 2.75) is 57.7 Å². The average Bonchev–Trinajstić information content (AvgIpc) is 3.02. The van der Waals surface area contributed by atoms with Crippen molar-refractivity contribution in [2.24, 2.45) is 0 Å². The molecule has 5 heteroatoms. The van der Waals surface area contributed by atoms with Crippen LogP contribution >= 0.6 is 0 Å². The van der Waals surface area contributed by atoms with Crippen LogP contribution in [0.25, 0.3) is 0 Å². The molecular weight excluding hydrogens is 302 g/mol. The third kappa shape index (κ3) is 6.89. The van der Waals surface area contributed by atoms with E-state index in [2.05, 4.69) is 16.0 Å². The van der Waals surface area contributed by atoms with Gasteiger partial charge in [-0.2, -0.15) is 0 Å². The molecule has 0 aromatic heterocycles. The minimum absolute atomic E-state index is 0.0508. The van der Waals surface area contributed by atoms with Gasteiger partial charge in [-0.1, -0.05) is 30.3 Å². The Morgan fingerprint density at radius 2 is 2.08 bits per heavy atom. The van der Waals surface area contributed by atoms with Gasteiger partial charge in [-0.3, -0.25) is 0 Å².